The van der Waals surface area contributed by atoms with Gasteiger partial charge in [0, 0.05) is 12.6 Å². The van der Waals surface area contributed by atoms with Gasteiger partial charge >= 0.3 is 5.97 Å². The lowest BCUT2D eigenvalue weighted by molar-refractivity contribution is -0.141. The molecule has 6 nitrogen and oxygen atoms in total. The van der Waals surface area contributed by atoms with Crippen LogP contribution in [0.25, 0.3) is 0 Å². The summed E-state index contributed by atoms with van der Waals surface area (Å²) in [5.74, 6) is 0.343. The fraction of sp³-hybridized carbons (Fsp3) is 0.391. The van der Waals surface area contributed by atoms with E-state index in [1.165, 1.54) is 6.92 Å². The predicted octanol–water partition coefficient (Wildman–Crippen LogP) is 3.88. The number of aliphatic hydroxyl groups excluding tert-OH is 1. The maximum atomic E-state index is 11.4. The van der Waals surface area contributed by atoms with Crippen LogP contribution in [0.3, 0.4) is 0 Å². The van der Waals surface area contributed by atoms with Gasteiger partial charge in [0.1, 0.15) is 18.5 Å². The highest BCUT2D eigenvalue weighted by Crippen LogP contribution is 2.29. The van der Waals surface area contributed by atoms with E-state index in [-0.39, 0.29) is 24.7 Å². The number of aliphatic hydroxyl groups is 1. The fourth-order valence-corrected chi connectivity index (χ4v) is 3.53. The quantitative estimate of drug-likeness (QED) is 0.693. The molecule has 0 aromatic heterocycles. The van der Waals surface area contributed by atoms with Gasteiger partial charge in [-0.25, -0.2) is 0 Å². The third kappa shape index (κ3) is 5.72. The smallest absolute Gasteiger partial charge is 0.302 e. The summed E-state index contributed by atoms with van der Waals surface area (Å²) in [7, 11) is 0. The van der Waals surface area contributed by atoms with Gasteiger partial charge in [0.15, 0.2) is 0 Å². The summed E-state index contributed by atoms with van der Waals surface area (Å²) in [6.07, 6.45) is 1.93. The van der Waals surface area contributed by atoms with Gasteiger partial charge in [-0.3, -0.25) is 4.79 Å². The molecule has 6 heteroatoms. The zero-order valence-corrected chi connectivity index (χ0v) is 16.7. The third-order valence-corrected chi connectivity index (χ3v) is 4.99. The maximum Gasteiger partial charge on any atom is 0.302 e. The highest BCUT2D eigenvalue weighted by atomic mass is 16.5. The van der Waals surface area contributed by atoms with E-state index in [0.29, 0.717) is 11.3 Å². The Labute approximate surface area is 171 Å². The van der Waals surface area contributed by atoms with E-state index in [2.05, 4.69) is 11.4 Å². The fourth-order valence-electron chi connectivity index (χ4n) is 3.53. The van der Waals surface area contributed by atoms with Crippen molar-refractivity contribution in [1.29, 1.82) is 5.26 Å². The molecule has 3 rings (SSSR count). The van der Waals surface area contributed by atoms with Crippen molar-refractivity contribution in [3.63, 3.8) is 0 Å². The molecule has 1 saturated carbocycles. The number of nitrogens with one attached hydrogen (secondary N) is 1. The molecular formula is C23H26N2O4. The van der Waals surface area contributed by atoms with E-state index in [4.69, 9.17) is 14.7 Å². The van der Waals surface area contributed by atoms with Crippen molar-refractivity contribution in [2.24, 2.45) is 0 Å². The molecule has 1 aliphatic carbocycles. The molecule has 0 heterocycles. The van der Waals surface area contributed by atoms with Gasteiger partial charge in [0.2, 0.25) is 0 Å². The Kier molecular flexibility index (Phi) is 6.73. The second-order valence-electron chi connectivity index (χ2n) is 7.42. The van der Waals surface area contributed by atoms with Gasteiger partial charge in [0.25, 0.3) is 0 Å². The van der Waals surface area contributed by atoms with Crippen molar-refractivity contribution in [3.05, 3.63) is 59.2 Å². The Morgan fingerprint density at radius 2 is 2.03 bits per heavy atom. The van der Waals surface area contributed by atoms with Gasteiger partial charge in [0.05, 0.1) is 23.8 Å². The number of rotatable bonds is 7. The molecule has 0 amide bonds. The van der Waals surface area contributed by atoms with Crippen LogP contribution >= 0.6 is 0 Å². The number of hydrogen-bond acceptors (Lipinski definition) is 6. The summed E-state index contributed by atoms with van der Waals surface area (Å²) in [6, 6.07) is 14.8. The highest BCUT2D eigenvalue weighted by molar-refractivity contribution is 5.66. The minimum atomic E-state index is -0.437. The summed E-state index contributed by atoms with van der Waals surface area (Å²) in [4.78, 5) is 11.4. The molecule has 0 radical (unpaired) electrons. The van der Waals surface area contributed by atoms with Crippen LogP contribution in [-0.2, 0) is 9.53 Å². The van der Waals surface area contributed by atoms with Gasteiger partial charge in [-0.1, -0.05) is 6.07 Å². The summed E-state index contributed by atoms with van der Waals surface area (Å²) in [5, 5.41) is 22.4. The number of ether oxygens (including phenoxy) is 2. The molecule has 1 aliphatic rings. The Morgan fingerprint density at radius 1 is 1.28 bits per heavy atom. The Hall–Kier alpha value is -3.04. The second kappa shape index (κ2) is 9.44. The van der Waals surface area contributed by atoms with E-state index in [9.17, 15) is 9.90 Å². The second-order valence-corrected chi connectivity index (χ2v) is 7.42. The zero-order valence-electron chi connectivity index (χ0n) is 16.7. The van der Waals surface area contributed by atoms with Crippen molar-refractivity contribution in [2.75, 3.05) is 11.9 Å². The monoisotopic (exact) mass is 394 g/mol. The first-order chi connectivity index (χ1) is 13.9. The number of benzene rings is 2. The number of anilines is 1. The predicted molar refractivity (Wildman–Crippen MR) is 110 cm³/mol. The minimum absolute atomic E-state index is 0.157. The molecule has 0 aliphatic heterocycles. The number of carbonyl (C=O) groups is 1. The molecule has 3 unspecified atom stereocenters. The van der Waals surface area contributed by atoms with Gasteiger partial charge in [-0.15, -0.1) is 0 Å². The van der Waals surface area contributed by atoms with Crippen LogP contribution in [0.15, 0.2) is 42.5 Å². The summed E-state index contributed by atoms with van der Waals surface area (Å²) in [6.45, 7) is 3.52. The average molecular weight is 394 g/mol. The lowest BCUT2D eigenvalue weighted by atomic mass is 10.0. The number of aryl methyl sites for hydroxylation is 1. The minimum Gasteiger partial charge on any atom is -0.488 e. The molecule has 2 aromatic rings. The lowest BCUT2D eigenvalue weighted by Crippen LogP contribution is -2.26. The number of nitrogens with zero attached hydrogens (tertiary/aromatic N) is 1. The normalized spacial score (nSPS) is 19.2. The molecular weight excluding hydrogens is 368 g/mol. The van der Waals surface area contributed by atoms with Crippen LogP contribution < -0.4 is 10.1 Å². The standard InChI is InChI=1S/C23H26N2O4/c1-15-10-18(12-20(11-15)29-23-5-3-4-22(23)27)21(14-28-16(2)26)25-19-8-6-17(13-24)7-9-19/h6-12,21-23,25,27H,3-5,14H2,1-2H3. The van der Waals surface area contributed by atoms with E-state index in [1.807, 2.05) is 37.3 Å². The van der Waals surface area contributed by atoms with E-state index < -0.39 is 6.10 Å². The van der Waals surface area contributed by atoms with E-state index in [0.717, 1.165) is 36.1 Å². The van der Waals surface area contributed by atoms with E-state index in [1.54, 1.807) is 12.1 Å². The first kappa shape index (κ1) is 20.7. The van der Waals surface area contributed by atoms with Gasteiger partial charge in [-0.05, 0) is 73.7 Å². The molecule has 152 valence electrons. The lowest BCUT2D eigenvalue weighted by Gasteiger charge is -2.23. The highest BCUT2D eigenvalue weighted by Gasteiger charge is 2.27. The third-order valence-electron chi connectivity index (χ3n) is 4.99. The van der Waals surface area contributed by atoms with Crippen LogP contribution in [0.2, 0.25) is 0 Å². The van der Waals surface area contributed by atoms with Crippen LogP contribution in [0.5, 0.6) is 5.75 Å². The molecule has 2 N–H and O–H groups in total. The zero-order chi connectivity index (χ0) is 20.8. The van der Waals surface area contributed by atoms with Gasteiger partial charge < -0.3 is 19.9 Å². The van der Waals surface area contributed by atoms with E-state index >= 15 is 0 Å². The summed E-state index contributed by atoms with van der Waals surface area (Å²) >= 11 is 0. The van der Waals surface area contributed by atoms with Crippen molar-refractivity contribution < 1.29 is 19.4 Å². The number of nitriles is 1. The van der Waals surface area contributed by atoms with Crippen LogP contribution in [0.4, 0.5) is 5.69 Å². The van der Waals surface area contributed by atoms with Crippen molar-refractivity contribution in [1.82, 2.24) is 0 Å². The van der Waals surface area contributed by atoms with Crippen molar-refractivity contribution in [3.8, 4) is 11.8 Å². The summed E-state index contributed by atoms with van der Waals surface area (Å²) < 4.78 is 11.3. The van der Waals surface area contributed by atoms with Crippen molar-refractivity contribution >= 4 is 11.7 Å². The molecule has 2 aromatic carbocycles. The molecule has 1 fully saturated rings. The summed E-state index contributed by atoms with van der Waals surface area (Å²) in [5.41, 5.74) is 3.32. The first-order valence-corrected chi connectivity index (χ1v) is 9.81. The molecule has 29 heavy (non-hydrogen) atoms. The first-order valence-electron chi connectivity index (χ1n) is 9.81. The topological polar surface area (TPSA) is 91.6 Å². The molecule has 0 spiro atoms. The van der Waals surface area contributed by atoms with Crippen molar-refractivity contribution in [2.45, 2.75) is 51.4 Å². The Balaban J connectivity index is 1.83. The molecule has 3 atom stereocenters. The number of carbonyl (C=O) groups excluding carboxylic acids is 1. The SMILES string of the molecule is CC(=O)OCC(Nc1ccc(C#N)cc1)c1cc(C)cc(OC2CCCC2O)c1. The van der Waals surface area contributed by atoms with Crippen LogP contribution in [0, 0.1) is 18.3 Å². The Bertz CT molecular complexity index is 889. The molecule has 0 bridgehead atoms. The average Bonchev–Trinajstić information content (AvgIpc) is 3.09. The molecule has 0 saturated heterocycles. The largest absolute Gasteiger partial charge is 0.488 e. The van der Waals surface area contributed by atoms with Crippen LogP contribution in [-0.4, -0.2) is 29.9 Å². The Morgan fingerprint density at radius 3 is 2.66 bits per heavy atom. The van der Waals surface area contributed by atoms with Crippen LogP contribution in [0.1, 0.15) is 48.9 Å². The number of hydrogen-bond donors (Lipinski definition) is 2. The maximum absolute atomic E-state index is 11.4. The van der Waals surface area contributed by atoms with Gasteiger partial charge in [-0.2, -0.15) is 5.26 Å². The number of esters is 1.